The zero-order valence-corrected chi connectivity index (χ0v) is 11.3. The van der Waals surface area contributed by atoms with E-state index in [0.29, 0.717) is 27.3 Å². The Bertz CT molecular complexity index is 596. The number of rotatable bonds is 3. The molecular formula is C12H10Cl2N2O2. The number of carbonyl (C=O) groups is 1. The molecule has 18 heavy (non-hydrogen) atoms. The molecule has 0 aliphatic carbocycles. The van der Waals surface area contributed by atoms with Gasteiger partial charge in [0.05, 0.1) is 16.0 Å². The number of benzene rings is 1. The molecule has 0 N–H and O–H groups in total. The van der Waals surface area contributed by atoms with E-state index in [9.17, 15) is 4.79 Å². The molecule has 0 aliphatic rings. The predicted octanol–water partition coefficient (Wildman–Crippen LogP) is 3.74. The standard InChI is InChI=1S/C12H10Cl2N2O2/c1-6(7(2)17)12-15-11(16-18-12)8-3-4-9(13)10(14)5-8/h3-6H,1-2H3. The van der Waals surface area contributed by atoms with E-state index < -0.39 is 5.92 Å². The van der Waals surface area contributed by atoms with Crippen molar-refractivity contribution in [2.75, 3.05) is 0 Å². The number of halogens is 2. The zero-order valence-electron chi connectivity index (χ0n) is 9.78. The molecule has 0 bridgehead atoms. The third-order valence-corrected chi connectivity index (χ3v) is 3.34. The lowest BCUT2D eigenvalue weighted by Gasteiger charge is -1.99. The van der Waals surface area contributed by atoms with Crippen molar-refractivity contribution in [3.63, 3.8) is 0 Å². The Morgan fingerprint density at radius 3 is 2.67 bits per heavy atom. The highest BCUT2D eigenvalue weighted by Crippen LogP contribution is 2.27. The molecule has 1 aromatic heterocycles. The first-order valence-electron chi connectivity index (χ1n) is 5.28. The van der Waals surface area contributed by atoms with Crippen molar-refractivity contribution in [2.45, 2.75) is 19.8 Å². The quantitative estimate of drug-likeness (QED) is 0.862. The molecule has 94 valence electrons. The van der Waals surface area contributed by atoms with Gasteiger partial charge in [-0.2, -0.15) is 4.98 Å². The van der Waals surface area contributed by atoms with Crippen LogP contribution in [0.5, 0.6) is 0 Å². The molecule has 0 spiro atoms. The summed E-state index contributed by atoms with van der Waals surface area (Å²) in [6.07, 6.45) is 0. The summed E-state index contributed by atoms with van der Waals surface area (Å²) in [5, 5.41) is 4.70. The maximum Gasteiger partial charge on any atom is 0.237 e. The maximum atomic E-state index is 11.2. The molecule has 1 heterocycles. The lowest BCUT2D eigenvalue weighted by Crippen LogP contribution is -2.04. The minimum Gasteiger partial charge on any atom is -0.338 e. The molecule has 0 saturated carbocycles. The summed E-state index contributed by atoms with van der Waals surface area (Å²) in [6, 6.07) is 5.04. The molecule has 1 unspecified atom stereocenters. The Balaban J connectivity index is 2.35. The highest BCUT2D eigenvalue weighted by molar-refractivity contribution is 6.42. The summed E-state index contributed by atoms with van der Waals surface area (Å²) in [5.41, 5.74) is 0.690. The first-order chi connectivity index (χ1) is 8.49. The van der Waals surface area contributed by atoms with E-state index >= 15 is 0 Å². The molecule has 2 rings (SSSR count). The zero-order chi connectivity index (χ0) is 13.3. The van der Waals surface area contributed by atoms with Gasteiger partial charge in [0.15, 0.2) is 0 Å². The average molecular weight is 285 g/mol. The van der Waals surface area contributed by atoms with Crippen LogP contribution in [0.3, 0.4) is 0 Å². The van der Waals surface area contributed by atoms with E-state index in [1.165, 1.54) is 6.92 Å². The van der Waals surface area contributed by atoms with E-state index in [0.717, 1.165) is 0 Å². The first-order valence-corrected chi connectivity index (χ1v) is 6.04. The van der Waals surface area contributed by atoms with Crippen LogP contribution in [-0.4, -0.2) is 15.9 Å². The number of hydrogen-bond acceptors (Lipinski definition) is 4. The monoisotopic (exact) mass is 284 g/mol. The van der Waals surface area contributed by atoms with Crippen molar-refractivity contribution in [1.29, 1.82) is 0 Å². The molecule has 0 amide bonds. The number of nitrogens with zero attached hydrogens (tertiary/aromatic N) is 2. The van der Waals surface area contributed by atoms with Crippen molar-refractivity contribution in [2.24, 2.45) is 0 Å². The van der Waals surface area contributed by atoms with Crippen molar-refractivity contribution in [1.82, 2.24) is 10.1 Å². The molecule has 1 atom stereocenters. The van der Waals surface area contributed by atoms with E-state index in [4.69, 9.17) is 27.7 Å². The van der Waals surface area contributed by atoms with Crippen LogP contribution in [0, 0.1) is 0 Å². The summed E-state index contributed by atoms with van der Waals surface area (Å²) in [7, 11) is 0. The lowest BCUT2D eigenvalue weighted by molar-refractivity contribution is -0.118. The van der Waals surface area contributed by atoms with Gasteiger partial charge >= 0.3 is 0 Å². The molecule has 6 heteroatoms. The van der Waals surface area contributed by atoms with E-state index in [1.807, 2.05) is 0 Å². The highest BCUT2D eigenvalue weighted by Gasteiger charge is 2.19. The summed E-state index contributed by atoms with van der Waals surface area (Å²) in [5.74, 6) is 0.244. The fraction of sp³-hybridized carbons (Fsp3) is 0.250. The summed E-state index contributed by atoms with van der Waals surface area (Å²) in [6.45, 7) is 3.20. The third kappa shape index (κ3) is 2.54. The van der Waals surface area contributed by atoms with Crippen LogP contribution < -0.4 is 0 Å². The second-order valence-corrected chi connectivity index (χ2v) is 4.73. The van der Waals surface area contributed by atoms with E-state index in [2.05, 4.69) is 10.1 Å². The molecule has 2 aromatic rings. The minimum atomic E-state index is -0.408. The van der Waals surface area contributed by atoms with Crippen LogP contribution in [0.25, 0.3) is 11.4 Å². The lowest BCUT2D eigenvalue weighted by atomic mass is 10.1. The average Bonchev–Trinajstić information content (AvgIpc) is 2.81. The van der Waals surface area contributed by atoms with Gasteiger partial charge in [0.1, 0.15) is 5.78 Å². The van der Waals surface area contributed by atoms with Gasteiger partial charge < -0.3 is 4.52 Å². The van der Waals surface area contributed by atoms with Gasteiger partial charge in [-0.05, 0) is 32.0 Å². The Kier molecular flexibility index (Phi) is 3.68. The van der Waals surface area contributed by atoms with Crippen LogP contribution in [0.2, 0.25) is 10.0 Å². The summed E-state index contributed by atoms with van der Waals surface area (Å²) < 4.78 is 5.05. The second-order valence-electron chi connectivity index (χ2n) is 3.92. The second kappa shape index (κ2) is 5.08. The number of Topliss-reactive ketones (excluding diaryl/α,β-unsaturated/α-hetero) is 1. The largest absolute Gasteiger partial charge is 0.338 e. The number of aromatic nitrogens is 2. The van der Waals surface area contributed by atoms with Gasteiger partial charge in [0, 0.05) is 5.56 Å². The molecule has 0 fully saturated rings. The van der Waals surface area contributed by atoms with Crippen LogP contribution in [0.15, 0.2) is 22.7 Å². The number of ketones is 1. The molecule has 1 aromatic carbocycles. The Morgan fingerprint density at radius 2 is 2.06 bits per heavy atom. The Labute approximate surface area is 114 Å². The highest BCUT2D eigenvalue weighted by atomic mass is 35.5. The fourth-order valence-corrected chi connectivity index (χ4v) is 1.64. The summed E-state index contributed by atoms with van der Waals surface area (Å²) in [4.78, 5) is 15.4. The summed E-state index contributed by atoms with van der Waals surface area (Å²) >= 11 is 11.7. The minimum absolute atomic E-state index is 0.0284. The normalized spacial score (nSPS) is 12.4. The molecule has 0 saturated heterocycles. The van der Waals surface area contributed by atoms with Crippen LogP contribution in [-0.2, 0) is 4.79 Å². The molecule has 0 aliphatic heterocycles. The Morgan fingerprint density at radius 1 is 1.33 bits per heavy atom. The van der Waals surface area contributed by atoms with Crippen molar-refractivity contribution in [3.05, 3.63) is 34.1 Å². The molecule has 4 nitrogen and oxygen atoms in total. The van der Waals surface area contributed by atoms with Gasteiger partial charge in [-0.3, -0.25) is 4.79 Å². The topological polar surface area (TPSA) is 56.0 Å². The van der Waals surface area contributed by atoms with Crippen molar-refractivity contribution in [3.8, 4) is 11.4 Å². The maximum absolute atomic E-state index is 11.2. The van der Waals surface area contributed by atoms with Crippen molar-refractivity contribution < 1.29 is 9.32 Å². The van der Waals surface area contributed by atoms with Gasteiger partial charge in [-0.25, -0.2) is 0 Å². The van der Waals surface area contributed by atoms with Crippen LogP contribution in [0.1, 0.15) is 25.7 Å². The molecule has 0 radical (unpaired) electrons. The molecular weight excluding hydrogens is 275 g/mol. The van der Waals surface area contributed by atoms with E-state index in [-0.39, 0.29) is 5.78 Å². The van der Waals surface area contributed by atoms with Crippen LogP contribution in [0.4, 0.5) is 0 Å². The third-order valence-electron chi connectivity index (χ3n) is 2.60. The first kappa shape index (κ1) is 13.1. The van der Waals surface area contributed by atoms with Crippen LogP contribution >= 0.6 is 23.2 Å². The predicted molar refractivity (Wildman–Crippen MR) is 68.9 cm³/mol. The van der Waals surface area contributed by atoms with Gasteiger partial charge in [0.25, 0.3) is 0 Å². The SMILES string of the molecule is CC(=O)C(C)c1nc(-c2ccc(Cl)c(Cl)c2)no1. The number of carbonyl (C=O) groups excluding carboxylic acids is 1. The van der Waals surface area contributed by atoms with Crippen molar-refractivity contribution >= 4 is 29.0 Å². The number of hydrogen-bond donors (Lipinski definition) is 0. The fourth-order valence-electron chi connectivity index (χ4n) is 1.34. The smallest absolute Gasteiger partial charge is 0.237 e. The van der Waals surface area contributed by atoms with Gasteiger partial charge in [-0.1, -0.05) is 28.4 Å². The van der Waals surface area contributed by atoms with E-state index in [1.54, 1.807) is 25.1 Å². The Hall–Kier alpha value is -1.39. The van der Waals surface area contributed by atoms with Gasteiger partial charge in [0.2, 0.25) is 11.7 Å². The van der Waals surface area contributed by atoms with Gasteiger partial charge in [-0.15, -0.1) is 0 Å².